The van der Waals surface area contributed by atoms with Crippen LogP contribution in [0.1, 0.15) is 222 Å². The van der Waals surface area contributed by atoms with Crippen LogP contribution in [-0.4, -0.2) is 9.97 Å². The zero-order valence-electron chi connectivity index (χ0n) is 53.1. The van der Waals surface area contributed by atoms with Gasteiger partial charge in [0.25, 0.3) is 0 Å². The third kappa shape index (κ3) is 15.7. The molecule has 4 aromatic carbocycles. The summed E-state index contributed by atoms with van der Waals surface area (Å²) in [5.74, 6) is 36.7. The molecule has 0 spiro atoms. The van der Waals surface area contributed by atoms with Crippen molar-refractivity contribution in [2.45, 2.75) is 209 Å². The van der Waals surface area contributed by atoms with Crippen LogP contribution in [0.2, 0.25) is 0 Å². The van der Waals surface area contributed by atoms with Gasteiger partial charge < -0.3 is 0 Å². The number of benzene rings is 4. The second-order valence-electron chi connectivity index (χ2n) is 29.9. The summed E-state index contributed by atoms with van der Waals surface area (Å²) in [5, 5.41) is 0. The number of pyridine rings is 2. The molecule has 6 aromatic rings. The number of hydrogen-bond donors (Lipinski definition) is 0. The standard InChI is InChI=1S/C78H88N2/c1-71(2,3)57-37-53(38-58(45-57)72(4,5)6)67-49-79-50-68(54-39-59(73(7,8)9)46-60(40-54)74(10,11)12)65(67)35-33-31-29-27-25-26-28-30-32-34-36-66-69(55-41-61(75(13,14)15)47-62(42-55)76(16,17)18)51-80-52-70(66)56-43-63(77(19,20)21)48-64(44-56)78(22,23)24/h37-52H,1-24H3. The van der Waals surface area contributed by atoms with Gasteiger partial charge in [-0.3, -0.25) is 9.97 Å². The van der Waals surface area contributed by atoms with Crippen LogP contribution in [0.25, 0.3) is 44.5 Å². The Hall–Kier alpha value is -7.46. The van der Waals surface area contributed by atoms with E-state index in [0.29, 0.717) is 0 Å². The SMILES string of the molecule is CC(C)(C)c1cc(-c2cncc(-c3cc(C(C)(C)C)cc(C(C)(C)C)c3)c2C#CC#CC#CC#CC#CC#Cc2c(-c3cc(C(C)(C)C)cc(C(C)(C)C)c3)cncc2-c2cc(C(C)(C)C)cc(C(C)(C)C)c2)cc(C(C)(C)C)c1. The summed E-state index contributed by atoms with van der Waals surface area (Å²) in [6.07, 6.45) is 7.80. The highest BCUT2D eigenvalue weighted by Gasteiger charge is 2.28. The second-order valence-corrected chi connectivity index (χ2v) is 29.9. The van der Waals surface area contributed by atoms with Gasteiger partial charge in [-0.2, -0.15) is 0 Å². The quantitative estimate of drug-likeness (QED) is 0.164. The van der Waals surface area contributed by atoms with Crippen molar-refractivity contribution in [3.63, 3.8) is 0 Å². The van der Waals surface area contributed by atoms with Gasteiger partial charge in [0, 0.05) is 58.2 Å². The molecule has 0 saturated carbocycles. The van der Waals surface area contributed by atoms with Crippen LogP contribution in [0.5, 0.6) is 0 Å². The molecule has 0 atom stereocenters. The number of rotatable bonds is 4. The van der Waals surface area contributed by atoms with E-state index in [4.69, 9.17) is 9.97 Å². The van der Waals surface area contributed by atoms with Gasteiger partial charge in [-0.05, 0) is 169 Å². The van der Waals surface area contributed by atoms with E-state index in [1.54, 1.807) is 0 Å². The Morgan fingerprint density at radius 2 is 0.362 bits per heavy atom. The molecule has 410 valence electrons. The van der Waals surface area contributed by atoms with Crippen LogP contribution in [0.15, 0.2) is 97.6 Å². The lowest BCUT2D eigenvalue weighted by molar-refractivity contribution is 0.568. The van der Waals surface area contributed by atoms with Crippen molar-refractivity contribution in [2.24, 2.45) is 0 Å². The van der Waals surface area contributed by atoms with Crippen LogP contribution in [-0.2, 0) is 43.3 Å². The maximum Gasteiger partial charge on any atom is 0.0443 e. The fraction of sp³-hybridized carbons (Fsp3) is 0.410. The highest BCUT2D eigenvalue weighted by Crippen LogP contribution is 2.42. The van der Waals surface area contributed by atoms with Crippen molar-refractivity contribution in [2.75, 3.05) is 0 Å². The van der Waals surface area contributed by atoms with Crippen molar-refractivity contribution in [1.29, 1.82) is 0 Å². The number of aromatic nitrogens is 2. The van der Waals surface area contributed by atoms with Gasteiger partial charge in [0.05, 0.1) is 0 Å². The third-order valence-corrected chi connectivity index (χ3v) is 14.7. The van der Waals surface area contributed by atoms with Crippen molar-refractivity contribution >= 4 is 0 Å². The third-order valence-electron chi connectivity index (χ3n) is 14.7. The largest absolute Gasteiger partial charge is 0.263 e. The summed E-state index contributed by atoms with van der Waals surface area (Å²) in [6, 6.07) is 27.8. The molecule has 0 aliphatic heterocycles. The Labute approximate surface area is 485 Å². The predicted octanol–water partition coefficient (Wildman–Crippen LogP) is 18.9. The molecule has 0 fully saturated rings. The maximum atomic E-state index is 4.90. The summed E-state index contributed by atoms with van der Waals surface area (Å²) < 4.78 is 0. The smallest absolute Gasteiger partial charge is 0.0443 e. The minimum Gasteiger partial charge on any atom is -0.263 e. The second kappa shape index (κ2) is 23.0. The monoisotopic (exact) mass is 1050 g/mol. The Kier molecular flexibility index (Phi) is 17.7. The Morgan fingerprint density at radius 1 is 0.212 bits per heavy atom. The first-order valence-electron chi connectivity index (χ1n) is 28.4. The molecule has 0 N–H and O–H groups in total. The average molecular weight is 1050 g/mol. The Balaban J connectivity index is 1.44. The Morgan fingerprint density at radius 3 is 0.512 bits per heavy atom. The van der Waals surface area contributed by atoms with Crippen molar-refractivity contribution in [3.8, 4) is 116 Å². The summed E-state index contributed by atoms with van der Waals surface area (Å²) >= 11 is 0. The van der Waals surface area contributed by atoms with Crippen LogP contribution < -0.4 is 0 Å². The first-order chi connectivity index (χ1) is 36.7. The molecule has 0 unspecified atom stereocenters. The van der Waals surface area contributed by atoms with Crippen LogP contribution in [0.4, 0.5) is 0 Å². The zero-order chi connectivity index (χ0) is 59.6. The van der Waals surface area contributed by atoms with E-state index >= 15 is 0 Å². The molecule has 0 saturated heterocycles. The lowest BCUT2D eigenvalue weighted by Gasteiger charge is -2.27. The van der Waals surface area contributed by atoms with Gasteiger partial charge in [-0.25, -0.2) is 0 Å². The summed E-state index contributed by atoms with van der Waals surface area (Å²) in [4.78, 5) is 9.79. The van der Waals surface area contributed by atoms with Gasteiger partial charge in [0.1, 0.15) is 0 Å². The molecule has 2 aromatic heterocycles. The predicted molar refractivity (Wildman–Crippen MR) is 345 cm³/mol. The van der Waals surface area contributed by atoms with Crippen LogP contribution in [0.3, 0.4) is 0 Å². The minimum atomic E-state index is -0.0666. The molecule has 0 aliphatic rings. The molecule has 6 rings (SSSR count). The normalized spacial score (nSPS) is 12.2. The van der Waals surface area contributed by atoms with E-state index < -0.39 is 0 Å². The molecule has 0 amide bonds. The fourth-order valence-corrected chi connectivity index (χ4v) is 9.10. The molecule has 2 heterocycles. The maximum absolute atomic E-state index is 4.90. The van der Waals surface area contributed by atoms with E-state index in [9.17, 15) is 0 Å². The lowest BCUT2D eigenvalue weighted by Crippen LogP contribution is -2.17. The lowest BCUT2D eigenvalue weighted by atomic mass is 9.77. The van der Waals surface area contributed by atoms with E-state index in [0.717, 1.165) is 55.6 Å². The molecular formula is C78H88N2. The van der Waals surface area contributed by atoms with Gasteiger partial charge in [-0.1, -0.05) is 251 Å². The van der Waals surface area contributed by atoms with Gasteiger partial charge in [0.2, 0.25) is 0 Å². The molecule has 0 aliphatic carbocycles. The average Bonchev–Trinajstić information content (AvgIpc) is 3.37. The highest BCUT2D eigenvalue weighted by molar-refractivity contribution is 5.85. The van der Waals surface area contributed by atoms with Gasteiger partial charge >= 0.3 is 0 Å². The molecule has 2 heteroatoms. The van der Waals surface area contributed by atoms with Crippen LogP contribution in [0, 0.1) is 71.0 Å². The van der Waals surface area contributed by atoms with Crippen molar-refractivity contribution in [3.05, 3.63) is 153 Å². The first kappa shape index (κ1) is 61.7. The number of nitrogens with zero attached hydrogens (tertiary/aromatic N) is 2. The molecule has 2 nitrogen and oxygen atoms in total. The molecule has 80 heavy (non-hydrogen) atoms. The topological polar surface area (TPSA) is 25.8 Å². The van der Waals surface area contributed by atoms with E-state index in [2.05, 4.69) is 310 Å². The molecule has 0 radical (unpaired) electrons. The van der Waals surface area contributed by atoms with Gasteiger partial charge in [0.15, 0.2) is 0 Å². The highest BCUT2D eigenvalue weighted by atomic mass is 14.6. The minimum absolute atomic E-state index is 0.0666. The number of hydrogen-bond acceptors (Lipinski definition) is 2. The fourth-order valence-electron chi connectivity index (χ4n) is 9.10. The zero-order valence-corrected chi connectivity index (χ0v) is 53.1. The summed E-state index contributed by atoms with van der Waals surface area (Å²) in [6.45, 7) is 54.4. The molecule has 0 bridgehead atoms. The van der Waals surface area contributed by atoms with Crippen LogP contribution >= 0.6 is 0 Å². The van der Waals surface area contributed by atoms with E-state index in [1.807, 2.05) is 24.8 Å². The van der Waals surface area contributed by atoms with E-state index in [-0.39, 0.29) is 43.3 Å². The summed E-state index contributed by atoms with van der Waals surface area (Å²) in [5.41, 5.74) is 19.5. The Bertz CT molecular complexity index is 3170. The van der Waals surface area contributed by atoms with Crippen molar-refractivity contribution < 1.29 is 0 Å². The molecular weight excluding hydrogens is 965 g/mol. The van der Waals surface area contributed by atoms with E-state index in [1.165, 1.54) is 44.5 Å². The summed E-state index contributed by atoms with van der Waals surface area (Å²) in [7, 11) is 0. The first-order valence-corrected chi connectivity index (χ1v) is 28.4. The van der Waals surface area contributed by atoms with Gasteiger partial charge in [-0.15, -0.1) is 0 Å². The van der Waals surface area contributed by atoms with Crippen molar-refractivity contribution in [1.82, 2.24) is 9.97 Å².